The second-order valence-corrected chi connectivity index (χ2v) is 10.9. The van der Waals surface area contributed by atoms with Crippen molar-refractivity contribution in [3.8, 4) is 11.5 Å². The standard InChI is InChI=1S/C29H29N3O2S/c1-20-14-16-21(17-15-20)26-30-31-27(34-26)35-18-25(33)32-24-13-9-8-12-23(24)29(4,19-28(32,2)3)22-10-6-5-7-11-22/h5-17H,18-19H2,1-4H3. The number of carbonyl (C=O) groups excluding carboxylic acids is 1. The number of carbonyl (C=O) groups is 1. The average Bonchev–Trinajstić information content (AvgIpc) is 3.32. The third-order valence-corrected chi connectivity index (χ3v) is 7.62. The summed E-state index contributed by atoms with van der Waals surface area (Å²) in [7, 11) is 0. The quantitative estimate of drug-likeness (QED) is 0.297. The van der Waals surface area contributed by atoms with Crippen LogP contribution in [0, 0.1) is 6.92 Å². The number of aryl methyl sites for hydroxylation is 1. The molecule has 6 heteroatoms. The Hall–Kier alpha value is -3.38. The fourth-order valence-corrected chi connectivity index (χ4v) is 5.92. The molecule has 178 valence electrons. The summed E-state index contributed by atoms with van der Waals surface area (Å²) < 4.78 is 5.83. The second kappa shape index (κ2) is 9.00. The van der Waals surface area contributed by atoms with Crippen molar-refractivity contribution in [3.63, 3.8) is 0 Å². The van der Waals surface area contributed by atoms with Crippen molar-refractivity contribution in [1.82, 2.24) is 10.2 Å². The van der Waals surface area contributed by atoms with E-state index in [0.717, 1.165) is 17.7 Å². The number of thioether (sulfide) groups is 1. The van der Waals surface area contributed by atoms with Crippen LogP contribution in [0.4, 0.5) is 5.69 Å². The van der Waals surface area contributed by atoms with Crippen LogP contribution in [-0.4, -0.2) is 27.4 Å². The molecule has 1 aliphatic rings. The van der Waals surface area contributed by atoms with Crippen LogP contribution in [0.3, 0.4) is 0 Å². The van der Waals surface area contributed by atoms with Gasteiger partial charge in [0, 0.05) is 22.2 Å². The topological polar surface area (TPSA) is 59.2 Å². The zero-order valence-corrected chi connectivity index (χ0v) is 21.3. The van der Waals surface area contributed by atoms with Crippen LogP contribution in [0.2, 0.25) is 0 Å². The monoisotopic (exact) mass is 483 g/mol. The molecule has 35 heavy (non-hydrogen) atoms. The van der Waals surface area contributed by atoms with E-state index >= 15 is 0 Å². The third-order valence-electron chi connectivity index (χ3n) is 6.82. The minimum absolute atomic E-state index is 0.0256. The molecule has 0 radical (unpaired) electrons. The summed E-state index contributed by atoms with van der Waals surface area (Å²) >= 11 is 1.28. The summed E-state index contributed by atoms with van der Waals surface area (Å²) in [5.41, 5.74) is 4.86. The fraction of sp³-hybridized carbons (Fsp3) is 0.276. The maximum Gasteiger partial charge on any atom is 0.277 e. The van der Waals surface area contributed by atoms with Gasteiger partial charge in [-0.2, -0.15) is 0 Å². The highest BCUT2D eigenvalue weighted by Gasteiger charge is 2.47. The van der Waals surface area contributed by atoms with Crippen molar-refractivity contribution in [2.24, 2.45) is 0 Å². The lowest BCUT2D eigenvalue weighted by molar-refractivity contribution is -0.117. The Morgan fingerprint density at radius 3 is 2.37 bits per heavy atom. The lowest BCUT2D eigenvalue weighted by atomic mass is 9.65. The van der Waals surface area contributed by atoms with E-state index in [9.17, 15) is 4.79 Å². The Kier molecular flexibility index (Phi) is 6.01. The largest absolute Gasteiger partial charge is 0.411 e. The van der Waals surface area contributed by atoms with E-state index in [1.807, 2.05) is 48.2 Å². The van der Waals surface area contributed by atoms with E-state index in [-0.39, 0.29) is 22.6 Å². The Labute approximate surface area is 210 Å². The van der Waals surface area contributed by atoms with E-state index in [1.165, 1.54) is 28.5 Å². The minimum Gasteiger partial charge on any atom is -0.411 e. The van der Waals surface area contributed by atoms with Crippen LogP contribution in [0.1, 0.15) is 43.9 Å². The van der Waals surface area contributed by atoms with Crippen LogP contribution in [0.15, 0.2) is 88.5 Å². The van der Waals surface area contributed by atoms with Crippen molar-refractivity contribution < 1.29 is 9.21 Å². The lowest BCUT2D eigenvalue weighted by Crippen LogP contribution is -2.56. The molecule has 1 aromatic heterocycles. The van der Waals surface area contributed by atoms with Gasteiger partial charge in [0.15, 0.2) is 0 Å². The van der Waals surface area contributed by atoms with E-state index in [0.29, 0.717) is 11.1 Å². The van der Waals surface area contributed by atoms with Crippen molar-refractivity contribution in [1.29, 1.82) is 0 Å². The van der Waals surface area contributed by atoms with Gasteiger partial charge in [-0.3, -0.25) is 4.79 Å². The van der Waals surface area contributed by atoms with Gasteiger partial charge in [-0.25, -0.2) is 0 Å². The maximum atomic E-state index is 13.6. The highest BCUT2D eigenvalue weighted by Crippen LogP contribution is 2.50. The number of hydrogen-bond donors (Lipinski definition) is 0. The number of amides is 1. The summed E-state index contributed by atoms with van der Waals surface area (Å²) in [6.07, 6.45) is 0.815. The summed E-state index contributed by atoms with van der Waals surface area (Å²) in [6.45, 7) is 8.61. The SMILES string of the molecule is Cc1ccc(-c2nnc(SCC(=O)N3c4ccccc4C(C)(c4ccccc4)CC3(C)C)o2)cc1. The van der Waals surface area contributed by atoms with Gasteiger partial charge >= 0.3 is 0 Å². The van der Waals surface area contributed by atoms with Crippen molar-refractivity contribution >= 4 is 23.4 Å². The predicted octanol–water partition coefficient (Wildman–Crippen LogP) is 6.66. The smallest absolute Gasteiger partial charge is 0.277 e. The molecule has 1 unspecified atom stereocenters. The molecule has 0 saturated heterocycles. The highest BCUT2D eigenvalue weighted by molar-refractivity contribution is 7.99. The first-order valence-electron chi connectivity index (χ1n) is 11.8. The molecule has 0 spiro atoms. The number of anilines is 1. The molecule has 1 aliphatic heterocycles. The Morgan fingerprint density at radius 2 is 1.63 bits per heavy atom. The molecule has 0 N–H and O–H groups in total. The van der Waals surface area contributed by atoms with E-state index < -0.39 is 0 Å². The van der Waals surface area contributed by atoms with Crippen LogP contribution in [-0.2, 0) is 10.2 Å². The normalized spacial score (nSPS) is 18.8. The summed E-state index contributed by atoms with van der Waals surface area (Å²) in [4.78, 5) is 15.6. The van der Waals surface area contributed by atoms with E-state index in [1.54, 1.807) is 0 Å². The Morgan fingerprint density at radius 1 is 0.943 bits per heavy atom. The van der Waals surface area contributed by atoms with E-state index in [2.05, 4.69) is 73.4 Å². The summed E-state index contributed by atoms with van der Waals surface area (Å²) in [5, 5.41) is 8.71. The van der Waals surface area contributed by atoms with Gasteiger partial charge in [-0.15, -0.1) is 10.2 Å². The number of para-hydroxylation sites is 1. The molecule has 1 amide bonds. The van der Waals surface area contributed by atoms with Gasteiger partial charge in [0.25, 0.3) is 5.22 Å². The third kappa shape index (κ3) is 4.39. The first kappa shape index (κ1) is 23.4. The Bertz CT molecular complexity index is 1350. The highest BCUT2D eigenvalue weighted by atomic mass is 32.2. The molecule has 0 saturated carbocycles. The maximum absolute atomic E-state index is 13.6. The number of hydrogen-bond acceptors (Lipinski definition) is 5. The van der Waals surface area contributed by atoms with Crippen LogP contribution in [0.25, 0.3) is 11.5 Å². The fourth-order valence-electron chi connectivity index (χ4n) is 5.31. The van der Waals surface area contributed by atoms with E-state index in [4.69, 9.17) is 4.42 Å². The number of aromatic nitrogens is 2. The molecular weight excluding hydrogens is 454 g/mol. The van der Waals surface area contributed by atoms with Gasteiger partial charge < -0.3 is 9.32 Å². The van der Waals surface area contributed by atoms with Gasteiger partial charge in [0.05, 0.1) is 5.75 Å². The molecule has 0 fully saturated rings. The Balaban J connectivity index is 1.40. The molecule has 5 rings (SSSR count). The second-order valence-electron chi connectivity index (χ2n) is 9.96. The lowest BCUT2D eigenvalue weighted by Gasteiger charge is -2.51. The van der Waals surface area contributed by atoms with Gasteiger partial charge in [0.2, 0.25) is 11.8 Å². The molecule has 0 bridgehead atoms. The first-order valence-corrected chi connectivity index (χ1v) is 12.8. The van der Waals surface area contributed by atoms with Crippen molar-refractivity contribution in [2.45, 2.75) is 50.3 Å². The zero-order chi connectivity index (χ0) is 24.6. The predicted molar refractivity (Wildman–Crippen MR) is 141 cm³/mol. The van der Waals surface area contributed by atoms with Crippen molar-refractivity contribution in [2.75, 3.05) is 10.7 Å². The number of rotatable bonds is 5. The summed E-state index contributed by atoms with van der Waals surface area (Å²) in [6, 6.07) is 26.8. The molecule has 0 aliphatic carbocycles. The molecule has 2 heterocycles. The summed E-state index contributed by atoms with van der Waals surface area (Å²) in [5.74, 6) is 0.704. The van der Waals surface area contributed by atoms with Gasteiger partial charge in [-0.05, 0) is 56.5 Å². The van der Waals surface area contributed by atoms with Crippen LogP contribution < -0.4 is 4.90 Å². The number of fused-ring (bicyclic) bond motifs is 1. The molecule has 4 aromatic rings. The van der Waals surface area contributed by atoms with Crippen molar-refractivity contribution in [3.05, 3.63) is 95.6 Å². The number of nitrogens with zero attached hydrogens (tertiary/aromatic N) is 3. The van der Waals surface area contributed by atoms with Crippen LogP contribution >= 0.6 is 11.8 Å². The first-order chi connectivity index (χ1) is 16.8. The molecule has 3 aromatic carbocycles. The van der Waals surface area contributed by atoms with Gasteiger partial charge in [0.1, 0.15) is 0 Å². The molecular formula is C29H29N3O2S. The molecule has 5 nitrogen and oxygen atoms in total. The zero-order valence-electron chi connectivity index (χ0n) is 20.5. The average molecular weight is 484 g/mol. The number of benzene rings is 3. The minimum atomic E-state index is -0.376. The molecule has 1 atom stereocenters. The van der Waals surface area contributed by atoms with Gasteiger partial charge in [-0.1, -0.05) is 84.9 Å². The van der Waals surface area contributed by atoms with Crippen LogP contribution in [0.5, 0.6) is 0 Å².